The summed E-state index contributed by atoms with van der Waals surface area (Å²) in [4.78, 5) is 33.0. The summed E-state index contributed by atoms with van der Waals surface area (Å²) in [6.45, 7) is 19.8. The molecule has 5 fully saturated rings. The normalized spacial score (nSPS) is 18.3. The van der Waals surface area contributed by atoms with E-state index in [4.69, 9.17) is 18.9 Å². The number of hydrogen-bond donors (Lipinski definition) is 3. The van der Waals surface area contributed by atoms with E-state index in [1.54, 1.807) is 37.6 Å². The fourth-order valence-electron chi connectivity index (χ4n) is 4.30. The number of hydrogen-bond acceptors (Lipinski definition) is 11. The Balaban J connectivity index is 0.000000263. The van der Waals surface area contributed by atoms with Crippen LogP contribution in [0.15, 0.2) is 18.3 Å². The van der Waals surface area contributed by atoms with Gasteiger partial charge < -0.3 is 35.7 Å². The molecule has 0 radical (unpaired) electrons. The van der Waals surface area contributed by atoms with Crippen LogP contribution in [0.1, 0.15) is 118 Å². The van der Waals surface area contributed by atoms with Gasteiger partial charge in [0, 0.05) is 31.5 Å². The Morgan fingerprint density at radius 2 is 1.40 bits per heavy atom. The average Bonchev–Trinajstić information content (AvgIpc) is 3.87. The van der Waals surface area contributed by atoms with Gasteiger partial charge in [0.2, 0.25) is 0 Å². The van der Waals surface area contributed by atoms with E-state index in [2.05, 4.69) is 39.4 Å². The van der Waals surface area contributed by atoms with Crippen LogP contribution < -0.4 is 29.5 Å². The Morgan fingerprint density at radius 1 is 0.904 bits per heavy atom. The van der Waals surface area contributed by atoms with Gasteiger partial charge in [-0.3, -0.25) is 24.8 Å². The predicted molar refractivity (Wildman–Crippen MR) is 192 cm³/mol. The second-order valence-corrected chi connectivity index (χ2v) is 15.0. The summed E-state index contributed by atoms with van der Waals surface area (Å²) >= 11 is 0. The molecular weight excluding hydrogens is 667 g/mol. The van der Waals surface area contributed by atoms with Gasteiger partial charge in [-0.2, -0.15) is 16.6 Å². The van der Waals surface area contributed by atoms with Crippen LogP contribution >= 0.6 is 0 Å². The average molecular weight is 727 g/mol. The number of carbonyl (C=O) groups excluding carboxylic acids is 3. The Morgan fingerprint density at radius 3 is 1.75 bits per heavy atom. The number of Topliss-reactive ketones (excluding diaryl/α,β-unsaturated/α-hetero) is 1. The van der Waals surface area contributed by atoms with Crippen LogP contribution in [-0.2, 0) is 34.1 Å². The van der Waals surface area contributed by atoms with Crippen molar-refractivity contribution in [1.29, 1.82) is 0 Å². The molecule has 2 saturated carbocycles. The second kappa shape index (κ2) is 21.1. The zero-order chi connectivity index (χ0) is 37.7. The molecule has 0 atom stereocenters. The molecule has 0 aromatic carbocycles. The SMILES string of the molecule is C1CCOC1.CC(C)(C)OC(=O)Nc1cc(C2(O)COC2)n(C2CC2)n1.CC(C)(C)OC(=O)Nc1ccn(C2CC2)n1.O=C1COC1.[CH2-]CCC.[Li+]. The van der Waals surface area contributed by atoms with Crippen molar-refractivity contribution >= 4 is 29.6 Å². The van der Waals surface area contributed by atoms with E-state index in [1.807, 2.05) is 31.6 Å². The van der Waals surface area contributed by atoms with Crippen molar-refractivity contribution in [3.63, 3.8) is 0 Å². The van der Waals surface area contributed by atoms with Gasteiger partial charge in [0.25, 0.3) is 0 Å². The molecule has 16 heteroatoms. The molecule has 7 rings (SSSR count). The molecule has 288 valence electrons. The van der Waals surface area contributed by atoms with Crippen molar-refractivity contribution in [2.24, 2.45) is 0 Å². The molecule has 3 saturated heterocycles. The molecule has 2 amide bonds. The van der Waals surface area contributed by atoms with E-state index < -0.39 is 29.0 Å². The molecule has 15 nitrogen and oxygen atoms in total. The zero-order valence-electron chi connectivity index (χ0n) is 32.5. The van der Waals surface area contributed by atoms with E-state index in [1.165, 1.54) is 32.1 Å². The van der Waals surface area contributed by atoms with Crippen molar-refractivity contribution in [3.8, 4) is 0 Å². The van der Waals surface area contributed by atoms with Gasteiger partial charge in [0.1, 0.15) is 24.4 Å². The van der Waals surface area contributed by atoms with E-state index in [0.29, 0.717) is 42.6 Å². The number of unbranched alkanes of at least 4 members (excludes halogenated alkanes) is 1. The second-order valence-electron chi connectivity index (χ2n) is 15.0. The fraction of sp³-hybridized carbons (Fsp3) is 0.722. The van der Waals surface area contributed by atoms with Crippen LogP contribution in [0.4, 0.5) is 21.2 Å². The molecule has 2 aromatic heterocycles. The largest absolute Gasteiger partial charge is 1.00 e. The van der Waals surface area contributed by atoms with Crippen LogP contribution in [0.3, 0.4) is 0 Å². The van der Waals surface area contributed by atoms with Gasteiger partial charge in [-0.1, -0.05) is 13.3 Å². The van der Waals surface area contributed by atoms with Gasteiger partial charge in [0.05, 0.1) is 31.0 Å². The molecule has 52 heavy (non-hydrogen) atoms. The Hall–Kier alpha value is -2.93. The number of anilines is 2. The number of aromatic nitrogens is 4. The molecule has 3 aliphatic heterocycles. The van der Waals surface area contributed by atoms with Gasteiger partial charge >= 0.3 is 31.0 Å². The third-order valence-electron chi connectivity index (χ3n) is 7.28. The van der Waals surface area contributed by atoms with Gasteiger partial charge in [0.15, 0.2) is 23.0 Å². The number of ketones is 1. The van der Waals surface area contributed by atoms with Crippen LogP contribution in [0, 0.1) is 6.92 Å². The van der Waals surface area contributed by atoms with Crippen molar-refractivity contribution in [1.82, 2.24) is 19.6 Å². The molecule has 3 N–H and O–H groups in total. The molecule has 2 aromatic rings. The first kappa shape index (κ1) is 45.2. The fourth-order valence-corrected chi connectivity index (χ4v) is 4.30. The monoisotopic (exact) mass is 726 g/mol. The molecule has 0 spiro atoms. The molecule has 0 unspecified atom stereocenters. The van der Waals surface area contributed by atoms with Crippen LogP contribution in [0.2, 0.25) is 0 Å². The Labute approximate surface area is 320 Å². The Kier molecular flexibility index (Phi) is 18.3. The number of nitrogens with zero attached hydrogens (tertiary/aromatic N) is 4. The van der Waals surface area contributed by atoms with Crippen molar-refractivity contribution < 1.29 is 62.0 Å². The summed E-state index contributed by atoms with van der Waals surface area (Å²) in [6, 6.07) is 4.31. The summed E-state index contributed by atoms with van der Waals surface area (Å²) in [5.41, 5.74) is -1.35. The minimum Gasteiger partial charge on any atom is -0.444 e. The van der Waals surface area contributed by atoms with E-state index >= 15 is 0 Å². The van der Waals surface area contributed by atoms with E-state index in [-0.39, 0.29) is 37.9 Å². The first-order chi connectivity index (χ1) is 24.0. The standard InChI is InChI=1S/C14H21N3O4.C11H17N3O2.C4H8O.C4H9.C3H4O2.Li/c1-13(2,3)21-12(18)15-11-6-10(14(19)7-20-8-14)17(16-11)9-4-5-9;1-11(2,3)16-10(15)12-9-6-7-14(13-9)8-4-5-8;1-2-4-5-3-1;1-3-4-2;4-3-1-5-2-3;/h6,9,19H,4-5,7-8H2,1-3H3,(H,15,16,18);6-8H,4-5H2,1-3H3,(H,12,13,15);1-4H2;1,3-4H2,2H3;1-2H2;/q;;;-1;;+1. The number of rotatable bonds is 6. The minimum absolute atomic E-state index is 0. The van der Waals surface area contributed by atoms with Crippen molar-refractivity contribution in [2.45, 2.75) is 129 Å². The van der Waals surface area contributed by atoms with Crippen LogP contribution in [0.5, 0.6) is 0 Å². The summed E-state index contributed by atoms with van der Waals surface area (Å²) < 4.78 is 28.5. The first-order valence-electron chi connectivity index (χ1n) is 17.9. The molecule has 2 aliphatic carbocycles. The number of amides is 2. The molecule has 0 bridgehead atoms. The maximum Gasteiger partial charge on any atom is 1.00 e. The quantitative estimate of drug-likeness (QED) is 0.294. The summed E-state index contributed by atoms with van der Waals surface area (Å²) in [7, 11) is 0. The maximum atomic E-state index is 11.8. The van der Waals surface area contributed by atoms with Gasteiger partial charge in [-0.25, -0.2) is 9.59 Å². The summed E-state index contributed by atoms with van der Waals surface area (Å²) in [5.74, 6) is 1.15. The number of carbonyl (C=O) groups is 3. The van der Waals surface area contributed by atoms with Gasteiger partial charge in [-0.15, -0.1) is 0 Å². The third kappa shape index (κ3) is 17.3. The van der Waals surface area contributed by atoms with Crippen molar-refractivity contribution in [2.75, 3.05) is 50.3 Å². The van der Waals surface area contributed by atoms with Crippen molar-refractivity contribution in [3.05, 3.63) is 30.9 Å². The van der Waals surface area contributed by atoms with Crippen LogP contribution in [0.25, 0.3) is 0 Å². The summed E-state index contributed by atoms with van der Waals surface area (Å²) in [6.07, 6.45) is 10.1. The molecular formula is C36H59LiN6O9. The topological polar surface area (TPSA) is 177 Å². The smallest absolute Gasteiger partial charge is 0.444 e. The minimum atomic E-state index is -0.997. The van der Waals surface area contributed by atoms with E-state index in [9.17, 15) is 19.5 Å². The zero-order valence-corrected chi connectivity index (χ0v) is 32.5. The molecule has 5 heterocycles. The maximum absolute atomic E-state index is 11.8. The first-order valence-corrected chi connectivity index (χ1v) is 17.9. The van der Waals surface area contributed by atoms with Crippen LogP contribution in [-0.4, -0.2) is 93.5 Å². The summed E-state index contributed by atoms with van der Waals surface area (Å²) in [5, 5.41) is 24.3. The molecule has 5 aliphatic rings. The van der Waals surface area contributed by atoms with Gasteiger partial charge in [-0.05, 0) is 80.1 Å². The number of ether oxygens (including phenoxy) is 5. The number of aliphatic hydroxyl groups is 1. The predicted octanol–water partition coefficient (Wildman–Crippen LogP) is 3.35. The number of nitrogens with one attached hydrogen (secondary N) is 2. The Bertz CT molecular complexity index is 1370. The van der Waals surface area contributed by atoms with E-state index in [0.717, 1.165) is 32.5 Å². The third-order valence-corrected chi connectivity index (χ3v) is 7.28.